The van der Waals surface area contributed by atoms with E-state index in [2.05, 4.69) is 20.3 Å². The first-order valence-corrected chi connectivity index (χ1v) is 11.0. The molecule has 4 heterocycles. The van der Waals surface area contributed by atoms with E-state index in [1.165, 1.54) is 36.7 Å². The van der Waals surface area contributed by atoms with Gasteiger partial charge in [0.2, 0.25) is 0 Å². The molecule has 1 amide bonds. The number of fused-ring (bicyclic) bond motifs is 3. The van der Waals surface area contributed by atoms with Crippen LogP contribution in [0.2, 0.25) is 0 Å². The van der Waals surface area contributed by atoms with Crippen molar-refractivity contribution in [2.45, 2.75) is 37.5 Å². The second-order valence-electron chi connectivity index (χ2n) is 8.65. The zero-order valence-corrected chi connectivity index (χ0v) is 18.0. The minimum Gasteiger partial charge on any atom is -0.365 e. The first kappa shape index (κ1) is 22.2. The number of piperidine rings is 2. The number of rotatable bonds is 4. The molecule has 6 rings (SSSR count). The van der Waals surface area contributed by atoms with Gasteiger partial charge >= 0.3 is 6.18 Å². The number of benzene rings is 1. The Morgan fingerprint density at radius 2 is 1.85 bits per heavy atom. The lowest BCUT2D eigenvalue weighted by Gasteiger charge is -2.50. The maximum absolute atomic E-state index is 14.0. The molecular formula is C24H21F4N5O. The summed E-state index contributed by atoms with van der Waals surface area (Å²) < 4.78 is 52.6. The largest absolute Gasteiger partial charge is 0.417 e. The fraction of sp³-hybridized carbons (Fsp3) is 0.333. The number of carbonyl (C=O) groups excluding carboxylic acids is 1. The number of anilines is 1. The highest BCUT2D eigenvalue weighted by Crippen LogP contribution is 2.38. The lowest BCUT2D eigenvalue weighted by atomic mass is 9.76. The summed E-state index contributed by atoms with van der Waals surface area (Å²) in [4.78, 5) is 27.7. The Morgan fingerprint density at radius 3 is 2.53 bits per heavy atom. The van der Waals surface area contributed by atoms with Gasteiger partial charge in [-0.1, -0.05) is 0 Å². The summed E-state index contributed by atoms with van der Waals surface area (Å²) in [7, 11) is 0. The predicted octanol–water partition coefficient (Wildman–Crippen LogP) is 4.80. The highest BCUT2D eigenvalue weighted by Gasteiger charge is 2.43. The number of pyridine rings is 1. The molecule has 10 heteroatoms. The van der Waals surface area contributed by atoms with Crippen molar-refractivity contribution in [2.24, 2.45) is 5.92 Å². The first-order chi connectivity index (χ1) is 16.3. The molecule has 1 unspecified atom stereocenters. The molecule has 2 saturated heterocycles. The molecule has 6 nitrogen and oxygen atoms in total. The van der Waals surface area contributed by atoms with Crippen LogP contribution in [0.5, 0.6) is 0 Å². The normalized spacial score (nSPS) is 22.0. The van der Waals surface area contributed by atoms with Gasteiger partial charge in [-0.05, 0) is 61.6 Å². The summed E-state index contributed by atoms with van der Waals surface area (Å²) in [6, 6.07) is 7.56. The second-order valence-corrected chi connectivity index (χ2v) is 8.65. The molecular weight excluding hydrogens is 450 g/mol. The minimum atomic E-state index is -4.45. The molecule has 3 aromatic rings. The average molecular weight is 471 g/mol. The summed E-state index contributed by atoms with van der Waals surface area (Å²) in [6.45, 7) is 0.564. The molecule has 2 aliphatic heterocycles. The fourth-order valence-corrected chi connectivity index (χ4v) is 4.90. The smallest absolute Gasteiger partial charge is 0.365 e. The standard InChI is InChI=1S/C24H21F4N5O/c25-16-4-5-17(18(11-16)22-29-8-1-9-30-22)23(34)33-13-14-2-6-20(33)19(10-14)32-21-7-3-15(12-31-21)24(26,27)28/h1,3-5,7-9,11-12,14,19-20H,2,6,10,13H2,(H,31,32)/t14?,19-,20+/m1/s1. The van der Waals surface area contributed by atoms with Gasteiger partial charge in [0, 0.05) is 36.7 Å². The molecule has 34 heavy (non-hydrogen) atoms. The number of hydrogen-bond donors (Lipinski definition) is 1. The third kappa shape index (κ3) is 4.32. The van der Waals surface area contributed by atoms with Gasteiger partial charge in [0.1, 0.15) is 11.6 Å². The molecule has 1 N–H and O–H groups in total. The molecule has 1 aromatic carbocycles. The zero-order chi connectivity index (χ0) is 23.9. The van der Waals surface area contributed by atoms with E-state index in [0.29, 0.717) is 23.5 Å². The van der Waals surface area contributed by atoms with Gasteiger partial charge in [-0.15, -0.1) is 0 Å². The molecule has 0 spiro atoms. The number of halogens is 4. The van der Waals surface area contributed by atoms with E-state index >= 15 is 0 Å². The fourth-order valence-electron chi connectivity index (χ4n) is 4.90. The second kappa shape index (κ2) is 8.66. The van der Waals surface area contributed by atoms with Crippen LogP contribution in [-0.4, -0.2) is 44.4 Å². The van der Waals surface area contributed by atoms with Gasteiger partial charge < -0.3 is 10.2 Å². The van der Waals surface area contributed by atoms with Crippen molar-refractivity contribution in [1.29, 1.82) is 0 Å². The van der Waals surface area contributed by atoms with Crippen molar-refractivity contribution in [2.75, 3.05) is 11.9 Å². The minimum absolute atomic E-state index is 0.155. The summed E-state index contributed by atoms with van der Waals surface area (Å²) in [6.07, 6.45) is 1.92. The van der Waals surface area contributed by atoms with Crippen molar-refractivity contribution in [1.82, 2.24) is 19.9 Å². The highest BCUT2D eigenvalue weighted by atomic mass is 19.4. The summed E-state index contributed by atoms with van der Waals surface area (Å²) in [5.41, 5.74) is -0.181. The van der Waals surface area contributed by atoms with Crippen molar-refractivity contribution >= 4 is 11.7 Å². The van der Waals surface area contributed by atoms with Gasteiger partial charge in [0.05, 0.1) is 17.2 Å². The third-order valence-corrected chi connectivity index (χ3v) is 6.48. The van der Waals surface area contributed by atoms with E-state index in [9.17, 15) is 22.4 Å². The van der Waals surface area contributed by atoms with Gasteiger partial charge in [0.15, 0.2) is 5.82 Å². The summed E-state index contributed by atoms with van der Waals surface area (Å²) in [5.74, 6) is 0.100. The molecule has 1 aliphatic carbocycles. The zero-order valence-electron chi connectivity index (χ0n) is 18.0. The Kier molecular flexibility index (Phi) is 5.66. The Balaban J connectivity index is 1.40. The molecule has 0 radical (unpaired) electrons. The Hall–Kier alpha value is -3.56. The van der Waals surface area contributed by atoms with Gasteiger partial charge in [-0.3, -0.25) is 4.79 Å². The number of aromatic nitrogens is 3. The van der Waals surface area contributed by atoms with Crippen molar-refractivity contribution in [3.8, 4) is 11.4 Å². The third-order valence-electron chi connectivity index (χ3n) is 6.48. The van der Waals surface area contributed by atoms with Gasteiger partial charge in [-0.25, -0.2) is 19.3 Å². The average Bonchev–Trinajstić information content (AvgIpc) is 2.84. The molecule has 2 bridgehead atoms. The van der Waals surface area contributed by atoms with E-state index < -0.39 is 17.6 Å². The number of carbonyl (C=O) groups is 1. The molecule has 176 valence electrons. The number of nitrogens with zero attached hydrogens (tertiary/aromatic N) is 4. The Morgan fingerprint density at radius 1 is 1.06 bits per heavy atom. The van der Waals surface area contributed by atoms with Crippen LogP contribution in [-0.2, 0) is 6.18 Å². The van der Waals surface area contributed by atoms with Crippen molar-refractivity contribution < 1.29 is 22.4 Å². The van der Waals surface area contributed by atoms with Crippen LogP contribution >= 0.6 is 0 Å². The van der Waals surface area contributed by atoms with E-state index in [1.54, 1.807) is 11.0 Å². The van der Waals surface area contributed by atoms with Crippen molar-refractivity contribution in [3.05, 3.63) is 71.9 Å². The molecule has 3 aliphatic rings. The monoisotopic (exact) mass is 471 g/mol. The number of amides is 1. The molecule has 1 saturated carbocycles. The van der Waals surface area contributed by atoms with Gasteiger partial charge in [-0.2, -0.15) is 13.2 Å². The van der Waals surface area contributed by atoms with E-state index in [-0.39, 0.29) is 29.7 Å². The number of alkyl halides is 3. The number of hydrogen-bond acceptors (Lipinski definition) is 5. The highest BCUT2D eigenvalue weighted by molar-refractivity contribution is 6.00. The maximum atomic E-state index is 14.0. The van der Waals surface area contributed by atoms with Crippen LogP contribution in [0.4, 0.5) is 23.4 Å². The van der Waals surface area contributed by atoms with Crippen LogP contribution in [0.25, 0.3) is 11.4 Å². The van der Waals surface area contributed by atoms with E-state index in [4.69, 9.17) is 0 Å². The van der Waals surface area contributed by atoms with Gasteiger partial charge in [0.25, 0.3) is 5.91 Å². The Bertz CT molecular complexity index is 1190. The van der Waals surface area contributed by atoms with Crippen LogP contribution < -0.4 is 5.32 Å². The van der Waals surface area contributed by atoms with E-state index in [1.807, 2.05) is 0 Å². The predicted molar refractivity (Wildman–Crippen MR) is 116 cm³/mol. The lowest BCUT2D eigenvalue weighted by molar-refractivity contribution is -0.137. The number of nitrogens with one attached hydrogen (secondary N) is 1. The molecule has 3 atom stereocenters. The Labute approximate surface area is 193 Å². The maximum Gasteiger partial charge on any atom is 0.417 e. The SMILES string of the molecule is O=C(c1ccc(F)cc1-c1ncccn1)N1CC2CC[C@H]1[C@H](Nc1ccc(C(F)(F)F)cn1)C2. The van der Waals surface area contributed by atoms with Crippen LogP contribution in [0.3, 0.4) is 0 Å². The molecule has 3 fully saturated rings. The topological polar surface area (TPSA) is 71.0 Å². The van der Waals surface area contributed by atoms with Crippen LogP contribution in [0, 0.1) is 11.7 Å². The summed E-state index contributed by atoms with van der Waals surface area (Å²) >= 11 is 0. The first-order valence-electron chi connectivity index (χ1n) is 11.0. The van der Waals surface area contributed by atoms with Crippen LogP contribution in [0.1, 0.15) is 35.2 Å². The van der Waals surface area contributed by atoms with E-state index in [0.717, 1.165) is 31.5 Å². The quantitative estimate of drug-likeness (QED) is 0.554. The van der Waals surface area contributed by atoms with Crippen molar-refractivity contribution in [3.63, 3.8) is 0 Å². The summed E-state index contributed by atoms with van der Waals surface area (Å²) in [5, 5.41) is 3.23. The molecule has 2 aromatic heterocycles. The lowest BCUT2D eigenvalue weighted by Crippen LogP contribution is -2.59. The van der Waals surface area contributed by atoms with Crippen LogP contribution in [0.15, 0.2) is 55.0 Å².